The number of aliphatic hydroxyl groups excluding tert-OH is 1. The highest BCUT2D eigenvalue weighted by atomic mass is 32.2. The van der Waals surface area contributed by atoms with Crippen LogP contribution >= 0.6 is 11.3 Å². The van der Waals surface area contributed by atoms with Gasteiger partial charge in [0.1, 0.15) is 0 Å². The van der Waals surface area contributed by atoms with Crippen LogP contribution in [0.1, 0.15) is 16.3 Å². The summed E-state index contributed by atoms with van der Waals surface area (Å²) in [5.41, 5.74) is 0.838. The number of aryl methyl sites for hydroxylation is 1. The van der Waals surface area contributed by atoms with Gasteiger partial charge >= 0.3 is 0 Å². The van der Waals surface area contributed by atoms with E-state index in [1.807, 2.05) is 5.38 Å². The van der Waals surface area contributed by atoms with Gasteiger partial charge in [-0.05, 0) is 6.92 Å². The number of thiazole rings is 1. The number of aromatic amines is 1. The van der Waals surface area contributed by atoms with Crippen LogP contribution in [-0.2, 0) is 23.1 Å². The monoisotopic (exact) mass is 302 g/mol. The lowest BCUT2D eigenvalue weighted by Gasteiger charge is -2.04. The van der Waals surface area contributed by atoms with Gasteiger partial charge in [-0.2, -0.15) is 5.10 Å². The van der Waals surface area contributed by atoms with Crippen LogP contribution in [0.25, 0.3) is 0 Å². The molecule has 0 saturated carbocycles. The van der Waals surface area contributed by atoms with Crippen molar-refractivity contribution in [3.05, 3.63) is 27.8 Å². The fourth-order valence-corrected chi connectivity index (χ4v) is 3.41. The van der Waals surface area contributed by atoms with Gasteiger partial charge in [0, 0.05) is 35.8 Å². The van der Waals surface area contributed by atoms with Gasteiger partial charge in [-0.15, -0.1) is 11.3 Å². The molecule has 0 spiro atoms. The number of hydrogen-bond donors (Lipinski definition) is 3. The van der Waals surface area contributed by atoms with Crippen molar-refractivity contribution in [2.75, 3.05) is 6.54 Å². The van der Waals surface area contributed by atoms with E-state index < -0.39 is 10.0 Å². The molecule has 0 saturated heterocycles. The molecule has 0 aromatic carbocycles. The average molecular weight is 302 g/mol. The van der Waals surface area contributed by atoms with E-state index >= 15 is 0 Å². The number of aliphatic hydroxyl groups is 1. The first-order chi connectivity index (χ1) is 9.04. The Hall–Kier alpha value is -1.29. The van der Waals surface area contributed by atoms with E-state index in [9.17, 15) is 8.42 Å². The molecule has 19 heavy (non-hydrogen) atoms. The summed E-state index contributed by atoms with van der Waals surface area (Å²) in [6.07, 6.45) is 2.20. The minimum Gasteiger partial charge on any atom is -0.392 e. The molecule has 0 aliphatic rings. The highest BCUT2D eigenvalue weighted by Crippen LogP contribution is 2.15. The third kappa shape index (κ3) is 3.18. The Kier molecular flexibility index (Phi) is 4.30. The van der Waals surface area contributed by atoms with Crippen molar-refractivity contribution in [1.82, 2.24) is 19.9 Å². The molecule has 0 aliphatic heterocycles. The second-order valence-electron chi connectivity index (χ2n) is 3.86. The highest BCUT2D eigenvalue weighted by Gasteiger charge is 2.22. The lowest BCUT2D eigenvalue weighted by molar-refractivity contribution is 0.277. The third-order valence-electron chi connectivity index (χ3n) is 2.56. The Balaban J connectivity index is 2.05. The third-order valence-corrected chi connectivity index (χ3v) is 4.83. The zero-order chi connectivity index (χ0) is 13.9. The SMILES string of the molecule is Cc1[nH]nc(S(=O)(=O)NCCc2nccs2)c1CO. The molecule has 2 aromatic rings. The molecule has 2 heterocycles. The number of nitrogens with zero attached hydrogens (tertiary/aromatic N) is 2. The summed E-state index contributed by atoms with van der Waals surface area (Å²) >= 11 is 1.47. The number of rotatable bonds is 6. The maximum absolute atomic E-state index is 12.0. The molecule has 0 amide bonds. The summed E-state index contributed by atoms with van der Waals surface area (Å²) in [4.78, 5) is 4.07. The minimum absolute atomic E-state index is 0.147. The van der Waals surface area contributed by atoms with Crippen molar-refractivity contribution in [2.45, 2.75) is 25.0 Å². The van der Waals surface area contributed by atoms with Crippen LogP contribution in [-0.4, -0.2) is 35.3 Å². The molecule has 0 aliphatic carbocycles. The van der Waals surface area contributed by atoms with Crippen molar-refractivity contribution in [2.24, 2.45) is 0 Å². The number of H-pyrrole nitrogens is 1. The van der Waals surface area contributed by atoms with Crippen molar-refractivity contribution < 1.29 is 13.5 Å². The fraction of sp³-hybridized carbons (Fsp3) is 0.400. The lowest BCUT2D eigenvalue weighted by atomic mass is 10.3. The summed E-state index contributed by atoms with van der Waals surface area (Å²) in [7, 11) is -3.71. The molecule has 2 aromatic heterocycles. The molecule has 2 rings (SSSR count). The van der Waals surface area contributed by atoms with Gasteiger partial charge < -0.3 is 5.11 Å². The molecule has 3 N–H and O–H groups in total. The Bertz CT molecular complexity index is 634. The molecule has 0 bridgehead atoms. The van der Waals surface area contributed by atoms with E-state index in [4.69, 9.17) is 5.11 Å². The Morgan fingerprint density at radius 1 is 1.53 bits per heavy atom. The predicted molar refractivity (Wildman–Crippen MR) is 70.3 cm³/mol. The molecule has 0 fully saturated rings. The summed E-state index contributed by atoms with van der Waals surface area (Å²) in [5.74, 6) is 0. The van der Waals surface area contributed by atoms with Gasteiger partial charge in [-0.3, -0.25) is 5.10 Å². The topological polar surface area (TPSA) is 108 Å². The predicted octanol–water partition coefficient (Wildman–Crippen LogP) is 0.188. The van der Waals surface area contributed by atoms with Crippen LogP contribution in [0.15, 0.2) is 16.6 Å². The number of aromatic nitrogens is 3. The molecule has 9 heteroatoms. The van der Waals surface area contributed by atoms with Crippen LogP contribution < -0.4 is 4.72 Å². The second kappa shape index (κ2) is 5.78. The zero-order valence-corrected chi connectivity index (χ0v) is 11.9. The average Bonchev–Trinajstić information content (AvgIpc) is 2.98. The van der Waals surface area contributed by atoms with Crippen molar-refractivity contribution in [3.63, 3.8) is 0 Å². The number of hydrogen-bond acceptors (Lipinski definition) is 6. The maximum atomic E-state index is 12.0. The molecule has 0 radical (unpaired) electrons. The van der Waals surface area contributed by atoms with Crippen LogP contribution in [0.4, 0.5) is 0 Å². The summed E-state index contributed by atoms with van der Waals surface area (Å²) in [5, 5.41) is 18.0. The Morgan fingerprint density at radius 2 is 2.32 bits per heavy atom. The van der Waals surface area contributed by atoms with Crippen molar-refractivity contribution in [1.29, 1.82) is 0 Å². The maximum Gasteiger partial charge on any atom is 0.260 e. The quantitative estimate of drug-likeness (QED) is 0.706. The van der Waals surface area contributed by atoms with Gasteiger partial charge in [-0.25, -0.2) is 18.1 Å². The van der Waals surface area contributed by atoms with E-state index in [0.29, 0.717) is 17.7 Å². The lowest BCUT2D eigenvalue weighted by Crippen LogP contribution is -2.27. The molecule has 0 unspecified atom stereocenters. The van der Waals surface area contributed by atoms with Crippen LogP contribution in [0, 0.1) is 6.92 Å². The first-order valence-electron chi connectivity index (χ1n) is 5.57. The molecular formula is C10H14N4O3S2. The van der Waals surface area contributed by atoms with Gasteiger partial charge in [0.2, 0.25) is 0 Å². The van der Waals surface area contributed by atoms with E-state index in [1.54, 1.807) is 13.1 Å². The standard InChI is InChI=1S/C10H14N4O3S2/c1-7-8(6-15)10(14-13-7)19(16,17)12-3-2-9-11-4-5-18-9/h4-5,12,15H,2-3,6H2,1H3,(H,13,14). The fourth-order valence-electron chi connectivity index (χ4n) is 1.58. The first kappa shape index (κ1) is 14.1. The van der Waals surface area contributed by atoms with Crippen molar-refractivity contribution in [3.8, 4) is 0 Å². The summed E-state index contributed by atoms with van der Waals surface area (Å²) < 4.78 is 26.5. The van der Waals surface area contributed by atoms with Gasteiger partial charge in [0.15, 0.2) is 5.03 Å². The van der Waals surface area contributed by atoms with Crippen LogP contribution in [0.2, 0.25) is 0 Å². The smallest absolute Gasteiger partial charge is 0.260 e. The van der Waals surface area contributed by atoms with Crippen LogP contribution in [0.5, 0.6) is 0 Å². The molecule has 0 atom stereocenters. The summed E-state index contributed by atoms with van der Waals surface area (Å²) in [6.45, 7) is 1.53. The Labute approximate surface area is 114 Å². The largest absolute Gasteiger partial charge is 0.392 e. The Morgan fingerprint density at radius 3 is 2.95 bits per heavy atom. The van der Waals surface area contributed by atoms with Crippen LogP contribution in [0.3, 0.4) is 0 Å². The van der Waals surface area contributed by atoms with Gasteiger partial charge in [0.05, 0.1) is 11.6 Å². The van der Waals surface area contributed by atoms with Crippen molar-refractivity contribution >= 4 is 21.4 Å². The van der Waals surface area contributed by atoms with E-state index in [0.717, 1.165) is 5.01 Å². The normalized spacial score (nSPS) is 11.9. The van der Waals surface area contributed by atoms with Gasteiger partial charge in [0.25, 0.3) is 10.0 Å². The van der Waals surface area contributed by atoms with Gasteiger partial charge in [-0.1, -0.05) is 0 Å². The zero-order valence-electron chi connectivity index (χ0n) is 10.3. The van der Waals surface area contributed by atoms with E-state index in [2.05, 4.69) is 19.9 Å². The summed E-state index contributed by atoms with van der Waals surface area (Å²) in [6, 6.07) is 0. The first-order valence-corrected chi connectivity index (χ1v) is 7.93. The molecule has 7 nitrogen and oxygen atoms in total. The second-order valence-corrected chi connectivity index (χ2v) is 6.53. The molecular weight excluding hydrogens is 288 g/mol. The number of sulfonamides is 1. The van der Waals surface area contributed by atoms with E-state index in [-0.39, 0.29) is 18.2 Å². The number of nitrogens with one attached hydrogen (secondary N) is 2. The highest BCUT2D eigenvalue weighted by molar-refractivity contribution is 7.89. The van der Waals surface area contributed by atoms with E-state index in [1.165, 1.54) is 11.3 Å². The minimum atomic E-state index is -3.71. The molecule has 104 valence electrons.